The van der Waals surface area contributed by atoms with Crippen LogP contribution in [0.5, 0.6) is 0 Å². The molecule has 2 aromatic rings. The van der Waals surface area contributed by atoms with E-state index in [4.69, 9.17) is 4.11 Å². The molecule has 0 saturated heterocycles. The van der Waals surface area contributed by atoms with Crippen molar-refractivity contribution < 1.29 is 52.9 Å². The third-order valence-corrected chi connectivity index (χ3v) is 7.15. The number of halogens is 8. The molecule has 0 spiro atoms. The minimum atomic E-state index is -6.50. The molecule has 38 heavy (non-hydrogen) atoms. The summed E-state index contributed by atoms with van der Waals surface area (Å²) in [6.07, 6.45) is -12.1. The highest BCUT2D eigenvalue weighted by molar-refractivity contribution is 14.1. The highest BCUT2D eigenvalue weighted by atomic mass is 127. The molecule has 0 aliphatic carbocycles. The van der Waals surface area contributed by atoms with Gasteiger partial charge in [0.05, 0.1) is 16.9 Å². The second-order valence-corrected chi connectivity index (χ2v) is 12.2. The van der Waals surface area contributed by atoms with Gasteiger partial charge in [-0.3, -0.25) is 9.59 Å². The number of carbonyl (C=O) groups excluding carboxylic acids is 2. The van der Waals surface area contributed by atoms with E-state index in [1.54, 1.807) is 22.6 Å². The molecule has 2 aromatic carbocycles. The third-order valence-electron chi connectivity index (χ3n) is 5.01. The summed E-state index contributed by atoms with van der Waals surface area (Å²) in [5.74, 6) is -2.57. The molecule has 2 amide bonds. The normalized spacial score (nSPS) is 14.8. The highest BCUT2D eigenvalue weighted by Crippen LogP contribution is 2.53. The lowest BCUT2D eigenvalue weighted by Gasteiger charge is -2.30. The number of sulfone groups is 1. The van der Waals surface area contributed by atoms with Crippen LogP contribution in [0.1, 0.15) is 49.8 Å². The van der Waals surface area contributed by atoms with Crippen LogP contribution in [0.15, 0.2) is 36.4 Å². The molecule has 0 saturated carbocycles. The largest absolute Gasteiger partial charge is 0.435 e. The Morgan fingerprint density at radius 2 is 1.55 bits per heavy atom. The first-order valence-corrected chi connectivity index (χ1v) is 13.4. The Morgan fingerprint density at radius 3 is 2.05 bits per heavy atom. The summed E-state index contributed by atoms with van der Waals surface area (Å²) in [6, 6.07) is 4.13. The number of carbonyl (C=O) groups is 2. The SMILES string of the molecule is [2H]C([2H])([2H])c1cc(C(F)(C(F)(F)F)C(F)(F)F)ccc1NC(=O)c1cccc(I)c1C(=O)NC(C)(C)CS(C)(=O)=O. The van der Waals surface area contributed by atoms with E-state index >= 15 is 0 Å². The monoisotopic (exact) mass is 685 g/mol. The first-order chi connectivity index (χ1) is 18.2. The van der Waals surface area contributed by atoms with Gasteiger partial charge < -0.3 is 10.6 Å². The summed E-state index contributed by atoms with van der Waals surface area (Å²) < 4.78 is 140. The van der Waals surface area contributed by atoms with Crippen molar-refractivity contribution in [2.24, 2.45) is 0 Å². The summed E-state index contributed by atoms with van der Waals surface area (Å²) >= 11 is 1.69. The lowest BCUT2D eigenvalue weighted by molar-refractivity contribution is -0.348. The summed E-state index contributed by atoms with van der Waals surface area (Å²) in [6.45, 7) is -0.616. The standard InChI is InChI=1S/C23H22F7IN2O4S/c1-12-10-13(21(24,22(25,26)27)23(28,29)30)8-9-16(12)32-18(34)14-6-5-7-15(31)17(14)19(35)33-20(2,3)11-38(4,36)37/h5-10H,11H2,1-4H3,(H,32,34)(H,33,35)/i1D3. The van der Waals surface area contributed by atoms with Crippen molar-refractivity contribution in [3.8, 4) is 0 Å². The maximum atomic E-state index is 14.6. The molecule has 6 nitrogen and oxygen atoms in total. The van der Waals surface area contributed by atoms with E-state index in [0.717, 1.165) is 12.3 Å². The number of aryl methyl sites for hydroxylation is 1. The van der Waals surface area contributed by atoms with Gasteiger partial charge in [0.1, 0.15) is 9.84 Å². The molecular formula is C23H22F7IN2O4S. The molecule has 0 radical (unpaired) electrons. The molecule has 0 fully saturated rings. The summed E-state index contributed by atoms with van der Waals surface area (Å²) in [7, 11) is -3.56. The summed E-state index contributed by atoms with van der Waals surface area (Å²) in [4.78, 5) is 26.2. The van der Waals surface area contributed by atoms with Gasteiger partial charge in [-0.15, -0.1) is 0 Å². The lowest BCUT2D eigenvalue weighted by Crippen LogP contribution is -2.50. The van der Waals surface area contributed by atoms with Gasteiger partial charge in [0.15, 0.2) is 0 Å². The number of anilines is 1. The number of hydrogen-bond acceptors (Lipinski definition) is 4. The van der Waals surface area contributed by atoms with Crippen molar-refractivity contribution in [2.45, 2.75) is 44.3 Å². The average molecular weight is 685 g/mol. The highest BCUT2D eigenvalue weighted by Gasteiger charge is 2.73. The van der Waals surface area contributed by atoms with Crippen molar-refractivity contribution in [1.29, 1.82) is 0 Å². The molecule has 0 bridgehead atoms. The second kappa shape index (κ2) is 10.6. The van der Waals surface area contributed by atoms with Crippen LogP contribution in [0.2, 0.25) is 0 Å². The average Bonchev–Trinajstić information content (AvgIpc) is 2.74. The Balaban J connectivity index is 2.60. The van der Waals surface area contributed by atoms with E-state index in [1.165, 1.54) is 26.0 Å². The number of rotatable bonds is 7. The van der Waals surface area contributed by atoms with E-state index in [1.807, 2.05) is 5.32 Å². The van der Waals surface area contributed by atoms with Gasteiger partial charge in [0.2, 0.25) is 0 Å². The van der Waals surface area contributed by atoms with E-state index in [0.29, 0.717) is 6.07 Å². The molecule has 0 heterocycles. The molecule has 15 heteroatoms. The molecule has 0 unspecified atom stereocenters. The van der Waals surface area contributed by atoms with E-state index in [9.17, 15) is 48.7 Å². The molecule has 0 aliphatic rings. The molecule has 0 aliphatic heterocycles. The molecule has 0 aromatic heterocycles. The van der Waals surface area contributed by atoms with Crippen LogP contribution >= 0.6 is 22.6 Å². The zero-order valence-corrected chi connectivity index (χ0v) is 22.7. The fourth-order valence-corrected chi connectivity index (χ4v) is 5.68. The topological polar surface area (TPSA) is 92.3 Å². The minimum absolute atomic E-state index is 0.0436. The molecular weight excluding hydrogens is 660 g/mol. The van der Waals surface area contributed by atoms with Crippen LogP contribution in [0.25, 0.3) is 0 Å². The first-order valence-electron chi connectivity index (χ1n) is 11.8. The predicted octanol–water partition coefficient (Wildman–Crippen LogP) is 5.69. The Kier molecular flexibility index (Phi) is 7.59. The maximum absolute atomic E-state index is 14.6. The minimum Gasteiger partial charge on any atom is -0.346 e. The summed E-state index contributed by atoms with van der Waals surface area (Å²) in [5, 5.41) is 4.52. The number of benzene rings is 2. The van der Waals surface area contributed by atoms with Crippen molar-refractivity contribution in [1.82, 2.24) is 5.32 Å². The van der Waals surface area contributed by atoms with E-state index in [-0.39, 0.29) is 21.3 Å². The predicted molar refractivity (Wildman–Crippen MR) is 134 cm³/mol. The van der Waals surface area contributed by atoms with Crippen molar-refractivity contribution >= 4 is 49.9 Å². The molecule has 2 N–H and O–H groups in total. The van der Waals surface area contributed by atoms with Gasteiger partial charge in [0.25, 0.3) is 11.8 Å². The molecule has 2 rings (SSSR count). The third kappa shape index (κ3) is 6.95. The zero-order valence-electron chi connectivity index (χ0n) is 22.7. The van der Waals surface area contributed by atoms with Crippen LogP contribution < -0.4 is 10.6 Å². The molecule has 210 valence electrons. The van der Waals surface area contributed by atoms with Crippen molar-refractivity contribution in [3.63, 3.8) is 0 Å². The summed E-state index contributed by atoms with van der Waals surface area (Å²) in [5.41, 5.74) is -12.0. The fourth-order valence-electron chi connectivity index (χ4n) is 3.55. The lowest BCUT2D eigenvalue weighted by atomic mass is 9.92. The van der Waals surface area contributed by atoms with Crippen LogP contribution in [-0.4, -0.2) is 50.1 Å². The van der Waals surface area contributed by atoms with Gasteiger partial charge in [-0.2, -0.15) is 26.3 Å². The van der Waals surface area contributed by atoms with Crippen LogP contribution in [-0.2, 0) is 15.5 Å². The van der Waals surface area contributed by atoms with E-state index in [2.05, 4.69) is 5.32 Å². The zero-order chi connectivity index (χ0) is 32.0. The number of amides is 2. The fraction of sp³-hybridized carbons (Fsp3) is 0.391. The van der Waals surface area contributed by atoms with Gasteiger partial charge in [-0.05, 0) is 67.1 Å². The van der Waals surface area contributed by atoms with Crippen molar-refractivity contribution in [3.05, 3.63) is 62.2 Å². The van der Waals surface area contributed by atoms with Crippen LogP contribution in [0.3, 0.4) is 0 Å². The van der Waals surface area contributed by atoms with Gasteiger partial charge in [-0.1, -0.05) is 18.2 Å². The number of alkyl halides is 7. The first kappa shape index (κ1) is 27.1. The number of hydrogen-bond donors (Lipinski definition) is 2. The Hall–Kier alpha value is -2.43. The van der Waals surface area contributed by atoms with Gasteiger partial charge in [-0.25, -0.2) is 12.8 Å². The molecule has 0 atom stereocenters. The van der Waals surface area contributed by atoms with Gasteiger partial charge >= 0.3 is 18.0 Å². The second-order valence-electron chi connectivity index (χ2n) is 8.94. The quantitative estimate of drug-likeness (QED) is 0.290. The smallest absolute Gasteiger partial charge is 0.346 e. The Bertz CT molecular complexity index is 1450. The maximum Gasteiger partial charge on any atom is 0.435 e. The van der Waals surface area contributed by atoms with Gasteiger partial charge in [0, 0.05) is 30.7 Å². The van der Waals surface area contributed by atoms with Crippen LogP contribution in [0, 0.1) is 10.4 Å². The Morgan fingerprint density at radius 1 is 0.974 bits per heavy atom. The van der Waals surface area contributed by atoms with Crippen LogP contribution in [0.4, 0.5) is 36.4 Å². The van der Waals surface area contributed by atoms with E-state index < -0.39 is 80.2 Å². The number of nitrogens with one attached hydrogen (secondary N) is 2. The van der Waals surface area contributed by atoms with Crippen molar-refractivity contribution in [2.75, 3.05) is 17.3 Å². The Labute approximate surface area is 231 Å².